The first-order valence-corrected chi connectivity index (χ1v) is 9.37. The van der Waals surface area contributed by atoms with E-state index < -0.39 is 0 Å². The fourth-order valence-corrected chi connectivity index (χ4v) is 3.37. The molecule has 0 radical (unpaired) electrons. The van der Waals surface area contributed by atoms with Gasteiger partial charge in [-0.1, -0.05) is 12.1 Å². The van der Waals surface area contributed by atoms with Crippen LogP contribution >= 0.6 is 0 Å². The maximum Gasteiger partial charge on any atom is 0.289 e. The maximum atomic E-state index is 12.6. The fourth-order valence-electron chi connectivity index (χ4n) is 3.37. The van der Waals surface area contributed by atoms with Gasteiger partial charge in [0.15, 0.2) is 5.82 Å². The van der Waals surface area contributed by atoms with Crippen molar-refractivity contribution in [2.75, 3.05) is 20.2 Å². The quantitative estimate of drug-likeness (QED) is 0.806. The van der Waals surface area contributed by atoms with Crippen LogP contribution in [0.15, 0.2) is 30.5 Å². The highest BCUT2D eigenvalue weighted by Crippen LogP contribution is 2.30. The number of imidazole rings is 1. The topological polar surface area (TPSA) is 76.5 Å². The van der Waals surface area contributed by atoms with E-state index in [0.717, 1.165) is 30.9 Å². The number of hydrogen-bond acceptors (Lipinski definition) is 4. The summed E-state index contributed by atoms with van der Waals surface area (Å²) in [5, 5.41) is 2.88. The third-order valence-corrected chi connectivity index (χ3v) is 5.06. The lowest BCUT2D eigenvalue weighted by Gasteiger charge is -2.27. The monoisotopic (exact) mass is 368 g/mol. The number of hydrogen-bond donors (Lipinski definition) is 1. The van der Waals surface area contributed by atoms with Gasteiger partial charge in [0.25, 0.3) is 5.91 Å². The predicted octanol–water partition coefficient (Wildman–Crippen LogP) is 1.62. The molecule has 2 heterocycles. The van der Waals surface area contributed by atoms with Crippen molar-refractivity contribution in [1.82, 2.24) is 19.8 Å². The molecule has 1 aliphatic heterocycles. The number of nitrogens with one attached hydrogen (secondary N) is 1. The van der Waals surface area contributed by atoms with Gasteiger partial charge in [-0.3, -0.25) is 9.59 Å². The van der Waals surface area contributed by atoms with E-state index in [0.29, 0.717) is 24.0 Å². The molecular formula is C20H24N4O3. The standard InChI is InChI=1S/C20H24N4O3/c1-27-17-4-2-3-15(9-17)10-18(25)21-11-16-13-23-7-8-24(12-14-5-6-14)20(26)19(23)22-16/h2-4,9,13-14H,5-8,10-12H2,1H3,(H,21,25). The number of methoxy groups -OCH3 is 1. The Bertz CT molecular complexity index is 857. The smallest absolute Gasteiger partial charge is 0.289 e. The molecule has 0 bridgehead atoms. The number of nitrogens with zero attached hydrogens (tertiary/aromatic N) is 3. The molecule has 7 nitrogen and oxygen atoms in total. The van der Waals surface area contributed by atoms with Gasteiger partial charge in [0.2, 0.25) is 5.91 Å². The van der Waals surface area contributed by atoms with Crippen LogP contribution in [0.5, 0.6) is 5.75 Å². The summed E-state index contributed by atoms with van der Waals surface area (Å²) in [7, 11) is 1.60. The lowest BCUT2D eigenvalue weighted by molar-refractivity contribution is -0.120. The summed E-state index contributed by atoms with van der Waals surface area (Å²) in [6.07, 6.45) is 4.60. The number of fused-ring (bicyclic) bond motifs is 1. The Morgan fingerprint density at radius 1 is 1.33 bits per heavy atom. The molecule has 27 heavy (non-hydrogen) atoms. The van der Waals surface area contributed by atoms with Crippen molar-refractivity contribution in [3.63, 3.8) is 0 Å². The number of benzene rings is 1. The van der Waals surface area contributed by atoms with E-state index in [-0.39, 0.29) is 18.2 Å². The number of ether oxygens (including phenoxy) is 1. The summed E-state index contributed by atoms with van der Waals surface area (Å²) < 4.78 is 7.08. The summed E-state index contributed by atoms with van der Waals surface area (Å²) in [5.41, 5.74) is 1.60. The molecule has 4 rings (SSSR count). The minimum absolute atomic E-state index is 0.00195. The molecule has 0 saturated heterocycles. The van der Waals surface area contributed by atoms with Crippen molar-refractivity contribution in [3.05, 3.63) is 47.5 Å². The third kappa shape index (κ3) is 4.13. The Balaban J connectivity index is 1.34. The predicted molar refractivity (Wildman–Crippen MR) is 99.4 cm³/mol. The summed E-state index contributed by atoms with van der Waals surface area (Å²) in [5.74, 6) is 1.80. The zero-order valence-electron chi connectivity index (χ0n) is 15.5. The fraction of sp³-hybridized carbons (Fsp3) is 0.450. The summed E-state index contributed by atoms with van der Waals surface area (Å²) in [6.45, 7) is 2.66. The van der Waals surface area contributed by atoms with Crippen LogP contribution in [0.4, 0.5) is 0 Å². The summed E-state index contributed by atoms with van der Waals surface area (Å²) in [6, 6.07) is 7.46. The second-order valence-electron chi connectivity index (χ2n) is 7.25. The van der Waals surface area contributed by atoms with Crippen molar-refractivity contribution in [2.24, 2.45) is 5.92 Å². The highest BCUT2D eigenvalue weighted by Gasteiger charge is 2.31. The van der Waals surface area contributed by atoms with Crippen LogP contribution < -0.4 is 10.1 Å². The molecule has 2 aromatic rings. The minimum Gasteiger partial charge on any atom is -0.497 e. The van der Waals surface area contributed by atoms with Crippen LogP contribution in [0.3, 0.4) is 0 Å². The molecule has 1 aromatic carbocycles. The Morgan fingerprint density at radius 2 is 2.19 bits per heavy atom. The van der Waals surface area contributed by atoms with Gasteiger partial charge < -0.3 is 19.5 Å². The van der Waals surface area contributed by atoms with Crippen LogP contribution in [-0.4, -0.2) is 46.5 Å². The first-order chi connectivity index (χ1) is 13.1. The van der Waals surface area contributed by atoms with E-state index in [9.17, 15) is 9.59 Å². The van der Waals surface area contributed by atoms with E-state index in [1.807, 2.05) is 39.9 Å². The normalized spacial score (nSPS) is 16.2. The largest absolute Gasteiger partial charge is 0.497 e. The average molecular weight is 368 g/mol. The van der Waals surface area contributed by atoms with Crippen LogP contribution in [0.1, 0.15) is 34.7 Å². The van der Waals surface area contributed by atoms with Crippen LogP contribution in [0, 0.1) is 5.92 Å². The Hall–Kier alpha value is -2.83. The van der Waals surface area contributed by atoms with Gasteiger partial charge in [0, 0.05) is 25.8 Å². The van der Waals surface area contributed by atoms with E-state index in [1.54, 1.807) is 7.11 Å². The van der Waals surface area contributed by atoms with Crippen molar-refractivity contribution in [1.29, 1.82) is 0 Å². The van der Waals surface area contributed by atoms with Gasteiger partial charge in [0.05, 0.1) is 25.8 Å². The molecule has 1 aromatic heterocycles. The number of aromatic nitrogens is 2. The Morgan fingerprint density at radius 3 is 2.96 bits per heavy atom. The molecule has 0 spiro atoms. The van der Waals surface area contributed by atoms with Gasteiger partial charge in [-0.15, -0.1) is 0 Å². The van der Waals surface area contributed by atoms with Gasteiger partial charge in [-0.2, -0.15) is 0 Å². The Kier molecular flexibility index (Phi) is 4.83. The molecule has 1 saturated carbocycles. The molecule has 0 unspecified atom stereocenters. The molecule has 2 amide bonds. The average Bonchev–Trinajstić information content (AvgIpc) is 3.39. The third-order valence-electron chi connectivity index (χ3n) is 5.06. The zero-order chi connectivity index (χ0) is 18.8. The van der Waals surface area contributed by atoms with Gasteiger partial charge >= 0.3 is 0 Å². The van der Waals surface area contributed by atoms with Gasteiger partial charge in [0.1, 0.15) is 5.75 Å². The highest BCUT2D eigenvalue weighted by molar-refractivity contribution is 5.91. The molecule has 1 aliphatic carbocycles. The van der Waals surface area contributed by atoms with Crippen LogP contribution in [0.2, 0.25) is 0 Å². The summed E-state index contributed by atoms with van der Waals surface area (Å²) >= 11 is 0. The van der Waals surface area contributed by atoms with Crippen LogP contribution in [-0.2, 0) is 24.3 Å². The van der Waals surface area contributed by atoms with E-state index in [4.69, 9.17) is 4.74 Å². The molecular weight excluding hydrogens is 344 g/mol. The van der Waals surface area contributed by atoms with E-state index >= 15 is 0 Å². The molecule has 0 atom stereocenters. The molecule has 1 N–H and O–H groups in total. The lowest BCUT2D eigenvalue weighted by atomic mass is 10.1. The minimum atomic E-state index is -0.0871. The van der Waals surface area contributed by atoms with E-state index in [1.165, 1.54) is 12.8 Å². The van der Waals surface area contributed by atoms with Crippen molar-refractivity contribution < 1.29 is 14.3 Å². The number of amides is 2. The zero-order valence-corrected chi connectivity index (χ0v) is 15.5. The number of carbonyl (C=O) groups is 2. The number of rotatable bonds is 7. The molecule has 142 valence electrons. The number of carbonyl (C=O) groups excluding carboxylic acids is 2. The second kappa shape index (κ2) is 7.42. The van der Waals surface area contributed by atoms with Gasteiger partial charge in [-0.25, -0.2) is 4.98 Å². The molecule has 2 aliphatic rings. The molecule has 7 heteroatoms. The van der Waals surface area contributed by atoms with E-state index in [2.05, 4.69) is 10.3 Å². The molecule has 1 fully saturated rings. The highest BCUT2D eigenvalue weighted by atomic mass is 16.5. The summed E-state index contributed by atoms with van der Waals surface area (Å²) in [4.78, 5) is 31.1. The van der Waals surface area contributed by atoms with Crippen molar-refractivity contribution in [3.8, 4) is 5.75 Å². The SMILES string of the molecule is COc1cccc(CC(=O)NCc2cn3c(n2)C(=O)N(CC2CC2)CC3)c1. The lowest BCUT2D eigenvalue weighted by Crippen LogP contribution is -2.41. The Labute approximate surface area is 158 Å². The second-order valence-corrected chi connectivity index (χ2v) is 7.25. The van der Waals surface area contributed by atoms with Crippen molar-refractivity contribution >= 4 is 11.8 Å². The first-order valence-electron chi connectivity index (χ1n) is 9.37. The van der Waals surface area contributed by atoms with Gasteiger partial charge in [-0.05, 0) is 36.5 Å². The van der Waals surface area contributed by atoms with Crippen molar-refractivity contribution in [2.45, 2.75) is 32.4 Å². The van der Waals surface area contributed by atoms with Crippen LogP contribution in [0.25, 0.3) is 0 Å². The maximum absolute atomic E-state index is 12.6. The first kappa shape index (κ1) is 17.6.